The number of nitrogens with two attached hydrogens (primary N) is 1. The first kappa shape index (κ1) is 18.8. The zero-order valence-corrected chi connectivity index (χ0v) is 14.5. The Morgan fingerprint density at radius 1 is 1.36 bits per heavy atom. The number of carbonyl (C=O) groups is 3. The van der Waals surface area contributed by atoms with Crippen molar-refractivity contribution in [3.63, 3.8) is 0 Å². The van der Waals surface area contributed by atoms with Crippen molar-refractivity contribution in [2.24, 2.45) is 5.73 Å². The first-order valence-corrected chi connectivity index (χ1v) is 7.89. The summed E-state index contributed by atoms with van der Waals surface area (Å²) < 4.78 is 5.19. The number of amides is 2. The average Bonchev–Trinajstić information content (AvgIpc) is 2.82. The van der Waals surface area contributed by atoms with Gasteiger partial charge < -0.3 is 20.5 Å². The van der Waals surface area contributed by atoms with Crippen LogP contribution in [0.5, 0.6) is 5.75 Å². The summed E-state index contributed by atoms with van der Waals surface area (Å²) in [4.78, 5) is 37.6. The predicted molar refractivity (Wildman–Crippen MR) is 90.7 cm³/mol. The molecule has 3 N–H and O–H groups in total. The first-order chi connectivity index (χ1) is 11.5. The van der Waals surface area contributed by atoms with Gasteiger partial charge in [-0.2, -0.15) is 0 Å². The number of phenols is 1. The van der Waals surface area contributed by atoms with Crippen LogP contribution in [-0.4, -0.2) is 46.7 Å². The second kappa shape index (κ2) is 6.42. The molecule has 1 heterocycles. The van der Waals surface area contributed by atoms with Crippen LogP contribution >= 0.6 is 0 Å². The molecular weight excluding hydrogens is 323 g/mol. The molecule has 1 aliphatic heterocycles. The van der Waals surface area contributed by atoms with Crippen LogP contribution in [0.25, 0.3) is 0 Å². The van der Waals surface area contributed by atoms with Gasteiger partial charge in [0.1, 0.15) is 19.2 Å². The number of fused-ring (bicyclic) bond motifs is 1. The van der Waals surface area contributed by atoms with Crippen molar-refractivity contribution in [3.05, 3.63) is 29.3 Å². The molecule has 1 aromatic rings. The summed E-state index contributed by atoms with van der Waals surface area (Å²) in [6.45, 7) is 5.10. The number of carbonyl (C=O) groups excluding carboxylic acids is 3. The molecular formula is C17H21BN2O5. The number of aromatic hydroxyl groups is 1. The van der Waals surface area contributed by atoms with Gasteiger partial charge in [0.25, 0.3) is 5.91 Å². The van der Waals surface area contributed by atoms with Gasteiger partial charge in [-0.05, 0) is 39.3 Å². The number of benzene rings is 1. The molecule has 2 radical (unpaired) electrons. The van der Waals surface area contributed by atoms with Crippen molar-refractivity contribution in [1.29, 1.82) is 0 Å². The van der Waals surface area contributed by atoms with Crippen LogP contribution in [0.4, 0.5) is 0 Å². The van der Waals surface area contributed by atoms with Gasteiger partial charge in [-0.15, -0.1) is 0 Å². The summed E-state index contributed by atoms with van der Waals surface area (Å²) in [6, 6.07) is 4.50. The Bertz CT molecular complexity index is 728. The highest BCUT2D eigenvalue weighted by Crippen LogP contribution is 2.35. The Balaban J connectivity index is 2.21. The van der Waals surface area contributed by atoms with Gasteiger partial charge in [-0.3, -0.25) is 14.4 Å². The van der Waals surface area contributed by atoms with Crippen molar-refractivity contribution in [3.8, 4) is 5.75 Å². The number of hydrogen-bond donors (Lipinski definition) is 2. The maximum absolute atomic E-state index is 12.6. The number of nitrogens with zero attached hydrogens (tertiary/aromatic N) is 1. The number of phenolic OH excluding ortho intramolecular Hbond substituents is 1. The predicted octanol–water partition coefficient (Wildman–Crippen LogP) is 0.820. The van der Waals surface area contributed by atoms with E-state index in [1.807, 2.05) is 0 Å². The summed E-state index contributed by atoms with van der Waals surface area (Å²) in [6.07, 6.45) is -0.361. The van der Waals surface area contributed by atoms with Crippen molar-refractivity contribution in [2.75, 3.05) is 0 Å². The van der Waals surface area contributed by atoms with Crippen LogP contribution in [0, 0.1) is 0 Å². The minimum absolute atomic E-state index is 0.0609. The third-order valence-corrected chi connectivity index (χ3v) is 3.98. The lowest BCUT2D eigenvalue weighted by Gasteiger charge is -2.36. The number of primary amides is 1. The van der Waals surface area contributed by atoms with E-state index in [0.29, 0.717) is 5.56 Å². The van der Waals surface area contributed by atoms with Crippen LogP contribution in [0.15, 0.2) is 18.2 Å². The maximum Gasteiger partial charge on any atom is 0.306 e. The third kappa shape index (κ3) is 3.78. The molecule has 0 aromatic heterocycles. The van der Waals surface area contributed by atoms with Crippen LogP contribution in [0.1, 0.15) is 49.5 Å². The lowest BCUT2D eigenvalue weighted by molar-refractivity contribution is -0.155. The molecule has 7 nitrogen and oxygen atoms in total. The fourth-order valence-corrected chi connectivity index (χ4v) is 2.72. The fourth-order valence-electron chi connectivity index (χ4n) is 2.72. The largest absolute Gasteiger partial charge is 0.508 e. The average molecular weight is 344 g/mol. The Morgan fingerprint density at radius 3 is 2.52 bits per heavy atom. The minimum atomic E-state index is -1.86. The van der Waals surface area contributed by atoms with Gasteiger partial charge in [0.15, 0.2) is 0 Å². The second-order valence-corrected chi connectivity index (χ2v) is 7.07. The monoisotopic (exact) mass is 344 g/mol. The quantitative estimate of drug-likeness (QED) is 0.607. The molecule has 0 fully saturated rings. The number of hydrogen-bond acceptors (Lipinski definition) is 5. The van der Waals surface area contributed by atoms with Crippen LogP contribution in [0.2, 0.25) is 0 Å². The van der Waals surface area contributed by atoms with E-state index < -0.39 is 28.8 Å². The highest BCUT2D eigenvalue weighted by Gasteiger charge is 2.45. The summed E-state index contributed by atoms with van der Waals surface area (Å²) in [5.41, 5.74) is 3.52. The van der Waals surface area contributed by atoms with Gasteiger partial charge in [0, 0.05) is 17.5 Å². The minimum Gasteiger partial charge on any atom is -0.508 e. The number of ether oxygens (including phenoxy) is 1. The van der Waals surface area contributed by atoms with E-state index in [9.17, 15) is 19.5 Å². The molecule has 0 saturated heterocycles. The van der Waals surface area contributed by atoms with Gasteiger partial charge in [0.05, 0.1) is 12.0 Å². The molecule has 0 spiro atoms. The highest BCUT2D eigenvalue weighted by molar-refractivity contribution is 6.30. The van der Waals surface area contributed by atoms with E-state index in [4.69, 9.17) is 18.3 Å². The number of rotatable bonds is 5. The second-order valence-electron chi connectivity index (χ2n) is 7.07. The van der Waals surface area contributed by atoms with Crippen molar-refractivity contribution < 1.29 is 24.2 Å². The lowest BCUT2D eigenvalue weighted by atomic mass is 9.72. The molecule has 1 aliphatic rings. The van der Waals surface area contributed by atoms with Crippen molar-refractivity contribution in [1.82, 2.24) is 4.90 Å². The zero-order chi connectivity index (χ0) is 19.0. The van der Waals surface area contributed by atoms with E-state index in [1.54, 1.807) is 20.8 Å². The molecule has 8 heteroatoms. The van der Waals surface area contributed by atoms with Gasteiger partial charge >= 0.3 is 5.97 Å². The Kier molecular flexibility index (Phi) is 4.84. The van der Waals surface area contributed by atoms with E-state index in [-0.39, 0.29) is 30.7 Å². The molecule has 132 valence electrons. The summed E-state index contributed by atoms with van der Waals surface area (Å²) in [7, 11) is 6.12. The normalized spacial score (nSPS) is 16.3. The lowest BCUT2D eigenvalue weighted by Crippen LogP contribution is -2.58. The van der Waals surface area contributed by atoms with Crippen molar-refractivity contribution in [2.45, 2.75) is 51.2 Å². The summed E-state index contributed by atoms with van der Waals surface area (Å²) in [5.74, 6) is -2.06. The van der Waals surface area contributed by atoms with Crippen LogP contribution < -0.4 is 5.73 Å². The van der Waals surface area contributed by atoms with Crippen LogP contribution in [-0.2, 0) is 20.9 Å². The van der Waals surface area contributed by atoms with Crippen LogP contribution in [0.3, 0.4) is 0 Å². The smallest absolute Gasteiger partial charge is 0.306 e. The maximum atomic E-state index is 12.6. The van der Waals surface area contributed by atoms with Gasteiger partial charge in [-0.25, -0.2) is 0 Å². The zero-order valence-electron chi connectivity index (χ0n) is 14.5. The van der Waals surface area contributed by atoms with E-state index in [0.717, 1.165) is 4.90 Å². The summed E-state index contributed by atoms with van der Waals surface area (Å²) in [5, 5.41) is 9.91. The van der Waals surface area contributed by atoms with E-state index in [1.165, 1.54) is 18.2 Å². The van der Waals surface area contributed by atoms with E-state index >= 15 is 0 Å². The molecule has 2 rings (SSSR count). The Hall–Kier alpha value is -2.51. The third-order valence-electron chi connectivity index (χ3n) is 3.98. The first-order valence-electron chi connectivity index (χ1n) is 7.89. The molecule has 25 heavy (non-hydrogen) atoms. The molecule has 1 atom stereocenters. The topological polar surface area (TPSA) is 110 Å². The molecule has 1 aromatic carbocycles. The van der Waals surface area contributed by atoms with E-state index in [2.05, 4.69) is 0 Å². The number of esters is 1. The molecule has 0 bridgehead atoms. The Morgan fingerprint density at radius 2 is 2.00 bits per heavy atom. The summed E-state index contributed by atoms with van der Waals surface area (Å²) >= 11 is 0. The molecule has 0 saturated carbocycles. The molecule has 2 amide bonds. The highest BCUT2D eigenvalue weighted by atomic mass is 16.6. The van der Waals surface area contributed by atoms with Gasteiger partial charge in [-0.1, -0.05) is 6.07 Å². The Labute approximate surface area is 147 Å². The standard InChI is InChI=1S/C17H21BN2O5/c1-16(2,3)25-13(22)7-8-17(18,15(19)24)20-9-11-10(14(20)23)5-4-6-12(11)21/h4-6,21H,7-9H2,1-3H3,(H2,19,24). The molecule has 0 aliphatic carbocycles. The van der Waals surface area contributed by atoms with Crippen molar-refractivity contribution >= 4 is 25.6 Å². The van der Waals surface area contributed by atoms with Gasteiger partial charge in [0.2, 0.25) is 5.91 Å². The molecule has 1 unspecified atom stereocenters. The SMILES string of the molecule is [B]C(CCC(=O)OC(C)(C)C)(C(N)=O)N1Cc2c(O)cccc2C1=O. The fraction of sp³-hybridized carbons (Fsp3) is 0.471.